The van der Waals surface area contributed by atoms with Crippen LogP contribution in [0.1, 0.15) is 66.4 Å². The van der Waals surface area contributed by atoms with Gasteiger partial charge in [0.15, 0.2) is 0 Å². The molecule has 1 heterocycles. The molecule has 0 radical (unpaired) electrons. The summed E-state index contributed by atoms with van der Waals surface area (Å²) in [6.07, 6.45) is 3.37. The van der Waals surface area contributed by atoms with Crippen LogP contribution < -0.4 is 15.0 Å². The molecule has 4 heteroatoms. The lowest BCUT2D eigenvalue weighted by Gasteiger charge is -2.33. The number of nitrogens with one attached hydrogen (secondary N) is 1. The van der Waals surface area contributed by atoms with Crippen molar-refractivity contribution in [1.82, 2.24) is 0 Å². The molecule has 0 aromatic heterocycles. The number of quaternary nitrogens is 2. The second-order valence-corrected chi connectivity index (χ2v) is 10.5. The average Bonchev–Trinajstić information content (AvgIpc) is 3.06. The molecule has 0 saturated carbocycles. The van der Waals surface area contributed by atoms with Crippen LogP contribution in [-0.2, 0) is 5.41 Å². The van der Waals surface area contributed by atoms with E-state index < -0.39 is 6.10 Å². The molecule has 0 aliphatic carbocycles. The first-order valence-electron chi connectivity index (χ1n) is 11.2. The first-order valence-corrected chi connectivity index (χ1v) is 11.2. The molecule has 3 atom stereocenters. The molecule has 1 aromatic rings. The zero-order valence-electron chi connectivity index (χ0n) is 19.1. The van der Waals surface area contributed by atoms with Crippen molar-refractivity contribution >= 4 is 0 Å². The van der Waals surface area contributed by atoms with Gasteiger partial charge < -0.3 is 20.1 Å². The highest BCUT2D eigenvalue weighted by molar-refractivity contribution is 5.31. The molecule has 4 N–H and O–H groups in total. The molecule has 1 aromatic carbocycles. The van der Waals surface area contributed by atoms with Crippen LogP contribution in [0.15, 0.2) is 24.3 Å². The van der Waals surface area contributed by atoms with Gasteiger partial charge in [-0.3, -0.25) is 0 Å². The fourth-order valence-electron chi connectivity index (χ4n) is 4.91. The van der Waals surface area contributed by atoms with Gasteiger partial charge in [-0.15, -0.1) is 0 Å². The second kappa shape index (κ2) is 10.1. The van der Waals surface area contributed by atoms with Gasteiger partial charge in [0.25, 0.3) is 0 Å². The molecule has 28 heavy (non-hydrogen) atoms. The average molecular weight is 393 g/mol. The minimum Gasteiger partial charge on any atom is -0.491 e. The van der Waals surface area contributed by atoms with E-state index in [4.69, 9.17) is 4.74 Å². The third-order valence-electron chi connectivity index (χ3n) is 6.02. The molecular formula is C24H44N2O2+2. The Morgan fingerprint density at radius 1 is 1.18 bits per heavy atom. The normalized spacial score (nSPS) is 21.7. The first-order chi connectivity index (χ1) is 13.1. The predicted octanol–water partition coefficient (Wildman–Crippen LogP) is 1.77. The van der Waals surface area contributed by atoms with E-state index in [-0.39, 0.29) is 5.41 Å². The van der Waals surface area contributed by atoms with E-state index in [1.54, 1.807) is 4.90 Å². The van der Waals surface area contributed by atoms with Gasteiger partial charge in [0.2, 0.25) is 0 Å². The molecule has 0 amide bonds. The molecule has 4 nitrogen and oxygen atoms in total. The van der Waals surface area contributed by atoms with Crippen LogP contribution in [0.2, 0.25) is 0 Å². The van der Waals surface area contributed by atoms with Gasteiger partial charge in [-0.05, 0) is 41.9 Å². The third-order valence-corrected chi connectivity index (χ3v) is 6.02. The van der Waals surface area contributed by atoms with Gasteiger partial charge in [-0.1, -0.05) is 46.8 Å². The lowest BCUT2D eigenvalue weighted by molar-refractivity contribution is -0.924. The van der Waals surface area contributed by atoms with Crippen LogP contribution in [0.4, 0.5) is 0 Å². The van der Waals surface area contributed by atoms with Crippen LogP contribution in [0, 0.1) is 5.41 Å². The summed E-state index contributed by atoms with van der Waals surface area (Å²) in [6.45, 7) is 18.5. The SMILES string of the molecule is CC[NH+]1CCC[C@H]1C[NH2+]C[C@H](O)COc1ccc(C(C)(C)CC(C)(C)C)cc1. The number of likely N-dealkylation sites (N-methyl/N-ethyl adjacent to an activating group) is 1. The summed E-state index contributed by atoms with van der Waals surface area (Å²) in [6, 6.07) is 9.17. The van der Waals surface area contributed by atoms with Gasteiger partial charge >= 0.3 is 0 Å². The van der Waals surface area contributed by atoms with Crippen LogP contribution >= 0.6 is 0 Å². The van der Waals surface area contributed by atoms with E-state index in [0.29, 0.717) is 18.6 Å². The maximum Gasteiger partial charge on any atom is 0.137 e. The number of hydrogen-bond acceptors (Lipinski definition) is 2. The number of rotatable bonds is 10. The Balaban J connectivity index is 1.73. The number of hydrogen-bond donors (Lipinski definition) is 3. The summed E-state index contributed by atoms with van der Waals surface area (Å²) < 4.78 is 5.83. The molecule has 0 spiro atoms. The number of benzene rings is 1. The lowest BCUT2D eigenvalue weighted by Crippen LogP contribution is -3.16. The topological polar surface area (TPSA) is 50.5 Å². The highest BCUT2D eigenvalue weighted by Crippen LogP contribution is 2.36. The largest absolute Gasteiger partial charge is 0.491 e. The maximum atomic E-state index is 10.3. The molecule has 1 aliphatic rings. The molecule has 0 bridgehead atoms. The molecule has 1 unspecified atom stereocenters. The van der Waals surface area contributed by atoms with Gasteiger partial charge in [0, 0.05) is 12.8 Å². The predicted molar refractivity (Wildman–Crippen MR) is 116 cm³/mol. The third kappa shape index (κ3) is 7.38. The van der Waals surface area contributed by atoms with Crippen molar-refractivity contribution in [3.63, 3.8) is 0 Å². The highest BCUT2D eigenvalue weighted by Gasteiger charge is 2.29. The van der Waals surface area contributed by atoms with E-state index in [2.05, 4.69) is 59.0 Å². The number of aliphatic hydroxyl groups is 1. The number of nitrogens with two attached hydrogens (primary N) is 1. The van der Waals surface area contributed by atoms with Crippen LogP contribution in [-0.4, -0.2) is 50.0 Å². The zero-order chi connectivity index (χ0) is 20.8. The summed E-state index contributed by atoms with van der Waals surface area (Å²) in [5, 5.41) is 12.5. The minimum atomic E-state index is -0.427. The van der Waals surface area contributed by atoms with Gasteiger partial charge in [-0.2, -0.15) is 0 Å². The fraction of sp³-hybridized carbons (Fsp3) is 0.750. The van der Waals surface area contributed by atoms with E-state index >= 15 is 0 Å². The molecular weight excluding hydrogens is 348 g/mol. The van der Waals surface area contributed by atoms with Gasteiger partial charge in [0.1, 0.15) is 37.6 Å². The smallest absolute Gasteiger partial charge is 0.137 e. The van der Waals surface area contributed by atoms with E-state index in [0.717, 1.165) is 24.8 Å². The minimum absolute atomic E-state index is 0.139. The van der Waals surface area contributed by atoms with Crippen molar-refractivity contribution in [2.24, 2.45) is 5.41 Å². The first kappa shape index (κ1) is 23.2. The van der Waals surface area contributed by atoms with E-state index in [9.17, 15) is 5.11 Å². The Kier molecular flexibility index (Phi) is 8.35. The fourth-order valence-corrected chi connectivity index (χ4v) is 4.91. The highest BCUT2D eigenvalue weighted by atomic mass is 16.5. The standard InChI is InChI=1S/C24H42N2O2/c1-7-26-14-8-9-20(26)15-25-16-21(27)17-28-22-12-10-19(11-13-22)24(5,6)18-23(2,3)4/h10-13,20-21,25,27H,7-9,14-18H2,1-6H3/p+2/t20-,21-/m0/s1. The van der Waals surface area contributed by atoms with E-state index in [1.807, 2.05) is 12.1 Å². The summed E-state index contributed by atoms with van der Waals surface area (Å²) >= 11 is 0. The number of likely N-dealkylation sites (tertiary alicyclic amines) is 1. The Labute approximate surface area is 172 Å². The molecule has 1 fully saturated rings. The lowest BCUT2D eigenvalue weighted by atomic mass is 9.72. The molecule has 1 aliphatic heterocycles. The Morgan fingerprint density at radius 3 is 2.46 bits per heavy atom. The monoisotopic (exact) mass is 392 g/mol. The molecule has 2 rings (SSSR count). The van der Waals surface area contributed by atoms with Crippen LogP contribution in [0.3, 0.4) is 0 Å². The summed E-state index contributed by atoms with van der Waals surface area (Å²) in [5.41, 5.74) is 1.77. The Hall–Kier alpha value is -1.10. The zero-order valence-corrected chi connectivity index (χ0v) is 19.1. The maximum absolute atomic E-state index is 10.3. The van der Waals surface area contributed by atoms with Crippen molar-refractivity contribution < 1.29 is 20.1 Å². The van der Waals surface area contributed by atoms with Crippen molar-refractivity contribution in [2.75, 3.05) is 32.8 Å². The summed E-state index contributed by atoms with van der Waals surface area (Å²) in [5.74, 6) is 0.840. The summed E-state index contributed by atoms with van der Waals surface area (Å²) in [4.78, 5) is 1.72. The molecule has 1 saturated heterocycles. The van der Waals surface area contributed by atoms with E-state index in [1.165, 1.54) is 31.5 Å². The Bertz CT molecular complexity index is 577. The van der Waals surface area contributed by atoms with Crippen molar-refractivity contribution in [2.45, 2.75) is 78.4 Å². The number of ether oxygens (including phenoxy) is 1. The Morgan fingerprint density at radius 2 is 1.86 bits per heavy atom. The number of aliphatic hydroxyl groups excluding tert-OH is 1. The second-order valence-electron chi connectivity index (χ2n) is 10.5. The summed E-state index contributed by atoms with van der Waals surface area (Å²) in [7, 11) is 0. The molecule has 160 valence electrons. The van der Waals surface area contributed by atoms with Crippen molar-refractivity contribution in [3.05, 3.63) is 29.8 Å². The van der Waals surface area contributed by atoms with Crippen molar-refractivity contribution in [3.8, 4) is 5.75 Å². The van der Waals surface area contributed by atoms with Crippen LogP contribution in [0.5, 0.6) is 5.75 Å². The van der Waals surface area contributed by atoms with Gasteiger partial charge in [-0.25, -0.2) is 0 Å². The van der Waals surface area contributed by atoms with Crippen LogP contribution in [0.25, 0.3) is 0 Å². The van der Waals surface area contributed by atoms with Crippen molar-refractivity contribution in [1.29, 1.82) is 0 Å². The quantitative estimate of drug-likeness (QED) is 0.568. The van der Waals surface area contributed by atoms with Gasteiger partial charge in [0.05, 0.1) is 13.1 Å².